The van der Waals surface area contributed by atoms with E-state index in [1.54, 1.807) is 13.1 Å². The van der Waals surface area contributed by atoms with E-state index < -0.39 is 23.1 Å². The molecule has 3 aromatic rings. The lowest BCUT2D eigenvalue weighted by molar-refractivity contribution is -0.137. The first-order chi connectivity index (χ1) is 11.3. The first-order valence-corrected chi connectivity index (χ1v) is 6.99. The average molecular weight is 336 g/mol. The molecule has 0 saturated heterocycles. The maximum Gasteiger partial charge on any atom is 0.416 e. The molecule has 124 valence electrons. The van der Waals surface area contributed by atoms with E-state index in [-0.39, 0.29) is 11.1 Å². The summed E-state index contributed by atoms with van der Waals surface area (Å²) < 4.78 is 54.5. The second kappa shape index (κ2) is 5.67. The van der Waals surface area contributed by atoms with E-state index in [9.17, 15) is 22.4 Å². The zero-order chi connectivity index (χ0) is 17.5. The summed E-state index contributed by atoms with van der Waals surface area (Å²) in [5.74, 6) is -0.513. The molecule has 0 aliphatic carbocycles. The van der Waals surface area contributed by atoms with Crippen molar-refractivity contribution in [2.24, 2.45) is 7.05 Å². The van der Waals surface area contributed by atoms with Crippen LogP contribution < -0.4 is 5.56 Å². The van der Waals surface area contributed by atoms with Crippen molar-refractivity contribution in [2.75, 3.05) is 0 Å². The predicted molar refractivity (Wildman–Crippen MR) is 81.4 cm³/mol. The number of rotatable bonds is 2. The number of aromatic nitrogens is 2. The van der Waals surface area contributed by atoms with Crippen LogP contribution in [0.2, 0.25) is 0 Å². The predicted octanol–water partition coefficient (Wildman–Crippen LogP) is 4.00. The van der Waals surface area contributed by atoms with Crippen molar-refractivity contribution >= 4 is 0 Å². The van der Waals surface area contributed by atoms with Gasteiger partial charge in [-0.15, -0.1) is 0 Å². The highest BCUT2D eigenvalue weighted by Crippen LogP contribution is 2.31. The molecule has 0 saturated carbocycles. The van der Waals surface area contributed by atoms with Gasteiger partial charge in [-0.2, -0.15) is 13.2 Å². The van der Waals surface area contributed by atoms with Crippen molar-refractivity contribution < 1.29 is 17.6 Å². The smallest absolute Gasteiger partial charge is 0.288 e. The molecule has 0 bridgehead atoms. The number of aryl methyl sites for hydroxylation is 1. The molecular weight excluding hydrogens is 324 g/mol. The highest BCUT2D eigenvalue weighted by molar-refractivity contribution is 5.63. The molecule has 0 fully saturated rings. The van der Waals surface area contributed by atoms with Crippen LogP contribution in [-0.4, -0.2) is 9.36 Å². The van der Waals surface area contributed by atoms with Gasteiger partial charge in [0.25, 0.3) is 5.56 Å². The number of halogens is 4. The molecule has 0 spiro atoms. The molecule has 0 atom stereocenters. The fourth-order valence-corrected chi connectivity index (χ4v) is 2.53. The van der Waals surface area contributed by atoms with Gasteiger partial charge in [0.2, 0.25) is 0 Å². The monoisotopic (exact) mass is 336 g/mol. The average Bonchev–Trinajstić information content (AvgIpc) is 2.81. The van der Waals surface area contributed by atoms with Crippen LogP contribution >= 0.6 is 0 Å². The van der Waals surface area contributed by atoms with Crippen LogP contribution in [-0.2, 0) is 13.2 Å². The fraction of sp³-hybridized carbons (Fsp3) is 0.118. The van der Waals surface area contributed by atoms with Crippen molar-refractivity contribution in [1.29, 1.82) is 0 Å². The van der Waals surface area contributed by atoms with Gasteiger partial charge < -0.3 is 0 Å². The highest BCUT2D eigenvalue weighted by Gasteiger charge is 2.30. The standard InChI is InChI=1S/C17H12F4N2O/c1-22-10-15(11-4-2-5-12(8-11)17(19,20)21)16(24)23(22)14-7-3-6-13(18)9-14/h2-10H,1H3. The first-order valence-electron chi connectivity index (χ1n) is 6.99. The number of benzene rings is 2. The van der Waals surface area contributed by atoms with Crippen LogP contribution in [0.5, 0.6) is 0 Å². The molecule has 1 aromatic heterocycles. The molecule has 0 unspecified atom stereocenters. The lowest BCUT2D eigenvalue weighted by Crippen LogP contribution is -2.20. The van der Waals surface area contributed by atoms with Gasteiger partial charge in [-0.25, -0.2) is 9.07 Å². The molecule has 1 heterocycles. The van der Waals surface area contributed by atoms with E-state index in [1.165, 1.54) is 45.9 Å². The maximum absolute atomic E-state index is 13.4. The van der Waals surface area contributed by atoms with Gasteiger partial charge in [0, 0.05) is 13.2 Å². The largest absolute Gasteiger partial charge is 0.416 e. The van der Waals surface area contributed by atoms with Crippen molar-refractivity contribution in [3.05, 3.63) is 76.5 Å². The summed E-state index contributed by atoms with van der Waals surface area (Å²) in [6.45, 7) is 0. The van der Waals surface area contributed by atoms with Crippen molar-refractivity contribution in [3.63, 3.8) is 0 Å². The van der Waals surface area contributed by atoms with E-state index in [2.05, 4.69) is 0 Å². The summed E-state index contributed by atoms with van der Waals surface area (Å²) in [5.41, 5.74) is -0.808. The number of hydrogen-bond donors (Lipinski definition) is 0. The Morgan fingerprint density at radius 1 is 1.00 bits per heavy atom. The minimum atomic E-state index is -4.49. The van der Waals surface area contributed by atoms with Gasteiger partial charge in [0.1, 0.15) is 5.82 Å². The van der Waals surface area contributed by atoms with Crippen LogP contribution in [0.25, 0.3) is 16.8 Å². The number of hydrogen-bond acceptors (Lipinski definition) is 1. The Balaban J connectivity index is 2.15. The zero-order valence-corrected chi connectivity index (χ0v) is 12.5. The molecule has 24 heavy (non-hydrogen) atoms. The van der Waals surface area contributed by atoms with Crippen LogP contribution in [0.1, 0.15) is 5.56 Å². The molecule has 0 radical (unpaired) electrons. The zero-order valence-electron chi connectivity index (χ0n) is 12.5. The Labute approximate surface area is 134 Å². The first kappa shape index (κ1) is 16.0. The Morgan fingerprint density at radius 2 is 1.71 bits per heavy atom. The van der Waals surface area contributed by atoms with E-state index >= 15 is 0 Å². The number of nitrogens with zero attached hydrogens (tertiary/aromatic N) is 2. The Morgan fingerprint density at radius 3 is 2.38 bits per heavy atom. The molecular formula is C17H12F4N2O. The summed E-state index contributed by atoms with van der Waals surface area (Å²) in [6, 6.07) is 9.96. The maximum atomic E-state index is 13.4. The SMILES string of the molecule is Cn1cc(-c2cccc(C(F)(F)F)c2)c(=O)n1-c1cccc(F)c1. The van der Waals surface area contributed by atoms with Crippen molar-refractivity contribution in [1.82, 2.24) is 9.36 Å². The molecule has 3 nitrogen and oxygen atoms in total. The normalized spacial score (nSPS) is 11.7. The minimum absolute atomic E-state index is 0.105. The third kappa shape index (κ3) is 2.84. The lowest BCUT2D eigenvalue weighted by Gasteiger charge is -2.07. The Kier molecular flexibility index (Phi) is 3.79. The minimum Gasteiger partial charge on any atom is -0.288 e. The Hall–Kier alpha value is -2.83. The quantitative estimate of drug-likeness (QED) is 0.650. The number of alkyl halides is 3. The van der Waals surface area contributed by atoms with Gasteiger partial charge in [0.05, 0.1) is 16.8 Å². The topological polar surface area (TPSA) is 26.9 Å². The van der Waals surface area contributed by atoms with Gasteiger partial charge in [-0.05, 0) is 35.9 Å². The molecule has 0 aliphatic rings. The van der Waals surface area contributed by atoms with Gasteiger partial charge in [-0.1, -0.05) is 18.2 Å². The molecule has 7 heteroatoms. The lowest BCUT2D eigenvalue weighted by atomic mass is 10.1. The third-order valence-corrected chi connectivity index (χ3v) is 3.61. The highest BCUT2D eigenvalue weighted by atomic mass is 19.4. The van der Waals surface area contributed by atoms with E-state index in [1.807, 2.05) is 0 Å². The Bertz CT molecular complexity index is 954. The van der Waals surface area contributed by atoms with Crippen LogP contribution in [0, 0.1) is 5.82 Å². The summed E-state index contributed by atoms with van der Waals surface area (Å²) >= 11 is 0. The molecule has 0 N–H and O–H groups in total. The third-order valence-electron chi connectivity index (χ3n) is 3.61. The van der Waals surface area contributed by atoms with Crippen molar-refractivity contribution in [2.45, 2.75) is 6.18 Å². The van der Waals surface area contributed by atoms with E-state index in [0.717, 1.165) is 12.1 Å². The molecule has 2 aromatic carbocycles. The molecule has 0 aliphatic heterocycles. The van der Waals surface area contributed by atoms with Crippen molar-refractivity contribution in [3.8, 4) is 16.8 Å². The second-order valence-corrected chi connectivity index (χ2v) is 5.29. The second-order valence-electron chi connectivity index (χ2n) is 5.29. The van der Waals surface area contributed by atoms with E-state index in [0.29, 0.717) is 5.69 Å². The molecule has 3 rings (SSSR count). The van der Waals surface area contributed by atoms with Gasteiger partial charge >= 0.3 is 6.18 Å². The van der Waals surface area contributed by atoms with Crippen LogP contribution in [0.3, 0.4) is 0 Å². The molecule has 0 amide bonds. The summed E-state index contributed by atoms with van der Waals surface area (Å²) in [7, 11) is 1.56. The summed E-state index contributed by atoms with van der Waals surface area (Å²) in [5, 5.41) is 0. The van der Waals surface area contributed by atoms with Gasteiger partial charge in [0.15, 0.2) is 0 Å². The van der Waals surface area contributed by atoms with Crippen LogP contribution in [0.4, 0.5) is 17.6 Å². The van der Waals surface area contributed by atoms with Gasteiger partial charge in [-0.3, -0.25) is 9.48 Å². The summed E-state index contributed by atoms with van der Waals surface area (Å²) in [4.78, 5) is 12.6. The summed E-state index contributed by atoms with van der Waals surface area (Å²) in [6.07, 6.45) is -3.07. The van der Waals surface area contributed by atoms with E-state index in [4.69, 9.17) is 0 Å². The fourth-order valence-electron chi connectivity index (χ4n) is 2.53. The van der Waals surface area contributed by atoms with Crippen LogP contribution in [0.15, 0.2) is 59.5 Å².